The molecule has 0 spiro atoms. The number of carbonyl (C=O) groups is 1. The summed E-state index contributed by atoms with van der Waals surface area (Å²) in [7, 11) is -2.22. The normalized spacial score (nSPS) is 25.3. The summed E-state index contributed by atoms with van der Waals surface area (Å²) in [4.78, 5) is 11.6. The number of hydrogen-bond donors (Lipinski definition) is 0. The summed E-state index contributed by atoms with van der Waals surface area (Å²) in [6.07, 6.45) is 3.36. The zero-order valence-corrected chi connectivity index (χ0v) is 20.1. The molecule has 1 rings (SSSR count). The molecule has 2 atom stereocenters. The second-order valence-corrected chi connectivity index (χ2v) is 20.6. The Hall–Kier alpha value is -0.436. The Morgan fingerprint density at radius 1 is 1.08 bits per heavy atom. The molecule has 1 fully saturated rings. The molecule has 1 aliphatic rings. The lowest BCUT2D eigenvalue weighted by Crippen LogP contribution is -2.49. The van der Waals surface area contributed by atoms with Crippen molar-refractivity contribution in [3.8, 4) is 0 Å². The Labute approximate surface area is 156 Å². The van der Waals surface area contributed by atoms with Crippen LogP contribution in [-0.4, -0.2) is 47.4 Å². The highest BCUT2D eigenvalue weighted by Crippen LogP contribution is 2.53. The highest BCUT2D eigenvalue weighted by molar-refractivity contribution is 6.82. The third-order valence-electron chi connectivity index (χ3n) is 6.48. The molecular formula is C19H38O4Si2. The maximum Gasteiger partial charge on any atom is 0.330 e. The number of methoxy groups -OCH3 is 1. The minimum atomic E-state index is -1.89. The van der Waals surface area contributed by atoms with E-state index in [0.29, 0.717) is 6.61 Å². The van der Waals surface area contributed by atoms with Crippen LogP contribution in [0.4, 0.5) is 0 Å². The molecule has 25 heavy (non-hydrogen) atoms. The van der Waals surface area contributed by atoms with E-state index in [0.717, 1.165) is 0 Å². The average molecular weight is 387 g/mol. The summed E-state index contributed by atoms with van der Waals surface area (Å²) in [5.41, 5.74) is -0.349. The summed E-state index contributed by atoms with van der Waals surface area (Å²) in [6, 6.07) is 0. The van der Waals surface area contributed by atoms with Crippen molar-refractivity contribution in [2.24, 2.45) is 0 Å². The standard InChI is InChI=1S/C19H38O4Si2/c1-17(2,3)24(8,9)16-19(23-16,13-12-15(20)21-7)14-22-25(10,11)18(4,5)6/h12-13,16H,14H2,1-11H3/b13-12-/t16-,19-/m1/s1. The summed E-state index contributed by atoms with van der Waals surface area (Å²) < 4.78 is 17.5. The van der Waals surface area contributed by atoms with E-state index in [1.165, 1.54) is 13.2 Å². The van der Waals surface area contributed by atoms with Crippen LogP contribution in [0.5, 0.6) is 0 Å². The molecule has 1 aliphatic heterocycles. The molecule has 0 saturated carbocycles. The molecule has 146 valence electrons. The van der Waals surface area contributed by atoms with Gasteiger partial charge in [0, 0.05) is 6.08 Å². The number of rotatable bonds is 6. The molecule has 4 nitrogen and oxygen atoms in total. The quantitative estimate of drug-likeness (QED) is 0.281. The number of hydrogen-bond acceptors (Lipinski definition) is 4. The lowest BCUT2D eigenvalue weighted by molar-refractivity contribution is -0.134. The van der Waals surface area contributed by atoms with Crippen LogP contribution in [0.2, 0.25) is 36.3 Å². The minimum absolute atomic E-state index is 0.140. The first kappa shape index (κ1) is 22.6. The van der Waals surface area contributed by atoms with Crippen molar-refractivity contribution in [1.82, 2.24) is 0 Å². The van der Waals surface area contributed by atoms with E-state index in [2.05, 4.69) is 67.7 Å². The van der Waals surface area contributed by atoms with Crippen LogP contribution in [0.25, 0.3) is 0 Å². The van der Waals surface area contributed by atoms with E-state index in [1.807, 2.05) is 6.08 Å². The third-order valence-corrected chi connectivity index (χ3v) is 16.7. The lowest BCUT2D eigenvalue weighted by Gasteiger charge is -2.38. The van der Waals surface area contributed by atoms with E-state index < -0.39 is 22.0 Å². The van der Waals surface area contributed by atoms with E-state index in [4.69, 9.17) is 13.9 Å². The van der Waals surface area contributed by atoms with Gasteiger partial charge < -0.3 is 13.9 Å². The van der Waals surface area contributed by atoms with Crippen molar-refractivity contribution in [3.05, 3.63) is 12.2 Å². The Morgan fingerprint density at radius 3 is 2.00 bits per heavy atom. The molecule has 0 bridgehead atoms. The Kier molecular flexibility index (Phi) is 6.28. The van der Waals surface area contributed by atoms with Gasteiger partial charge in [-0.2, -0.15) is 0 Å². The van der Waals surface area contributed by atoms with Gasteiger partial charge in [0.2, 0.25) is 0 Å². The summed E-state index contributed by atoms with van der Waals surface area (Å²) >= 11 is 0. The lowest BCUT2D eigenvalue weighted by atomic mass is 10.1. The maximum absolute atomic E-state index is 11.6. The second-order valence-electron chi connectivity index (χ2n) is 10.3. The first-order chi connectivity index (χ1) is 11.0. The first-order valence-electron chi connectivity index (χ1n) is 9.09. The number of carbonyl (C=O) groups excluding carboxylic acids is 1. The van der Waals surface area contributed by atoms with Crippen LogP contribution in [0.15, 0.2) is 12.2 Å². The van der Waals surface area contributed by atoms with Crippen molar-refractivity contribution in [1.29, 1.82) is 0 Å². The first-order valence-corrected chi connectivity index (χ1v) is 15.1. The van der Waals surface area contributed by atoms with Gasteiger partial charge in [0.15, 0.2) is 8.32 Å². The average Bonchev–Trinajstić information content (AvgIpc) is 3.16. The van der Waals surface area contributed by atoms with Gasteiger partial charge in [-0.25, -0.2) is 4.79 Å². The predicted octanol–water partition coefficient (Wildman–Crippen LogP) is 4.92. The van der Waals surface area contributed by atoms with E-state index in [9.17, 15) is 4.79 Å². The minimum Gasteiger partial charge on any atom is -0.466 e. The summed E-state index contributed by atoms with van der Waals surface area (Å²) in [5.74, 6) is -0.351. The van der Waals surface area contributed by atoms with Gasteiger partial charge >= 0.3 is 5.97 Å². The second kappa shape index (κ2) is 6.94. The molecule has 0 amide bonds. The number of esters is 1. The largest absolute Gasteiger partial charge is 0.466 e. The Balaban J connectivity index is 3.06. The Bertz CT molecular complexity index is 527. The van der Waals surface area contributed by atoms with Gasteiger partial charge in [-0.3, -0.25) is 0 Å². The van der Waals surface area contributed by atoms with E-state index >= 15 is 0 Å². The van der Waals surface area contributed by atoms with Gasteiger partial charge in [0.1, 0.15) is 5.60 Å². The van der Waals surface area contributed by atoms with Crippen LogP contribution in [0, 0.1) is 0 Å². The molecule has 0 unspecified atom stereocenters. The van der Waals surface area contributed by atoms with Gasteiger partial charge in [-0.05, 0) is 29.2 Å². The van der Waals surface area contributed by atoms with Gasteiger partial charge in [0.05, 0.1) is 27.5 Å². The fourth-order valence-corrected chi connectivity index (χ4v) is 6.13. The fraction of sp³-hybridized carbons (Fsp3) is 0.842. The number of ether oxygens (including phenoxy) is 2. The molecule has 0 radical (unpaired) electrons. The highest BCUT2D eigenvalue weighted by atomic mass is 28.4. The van der Waals surface area contributed by atoms with Crippen molar-refractivity contribution >= 4 is 22.4 Å². The van der Waals surface area contributed by atoms with Crippen molar-refractivity contribution in [2.45, 2.75) is 89.1 Å². The van der Waals surface area contributed by atoms with E-state index in [-0.39, 0.29) is 21.8 Å². The molecule has 6 heteroatoms. The third kappa shape index (κ3) is 4.84. The molecule has 1 saturated heterocycles. The molecule has 0 aromatic heterocycles. The molecule has 0 N–H and O–H groups in total. The highest BCUT2D eigenvalue weighted by Gasteiger charge is 2.65. The van der Waals surface area contributed by atoms with Crippen LogP contribution >= 0.6 is 0 Å². The maximum atomic E-state index is 11.6. The monoisotopic (exact) mass is 386 g/mol. The van der Waals surface area contributed by atoms with Crippen molar-refractivity contribution in [2.75, 3.05) is 13.7 Å². The summed E-state index contributed by atoms with van der Waals surface area (Å²) in [5, 5.41) is 0.344. The molecule has 0 aliphatic carbocycles. The van der Waals surface area contributed by atoms with Crippen molar-refractivity contribution < 1.29 is 18.7 Å². The van der Waals surface area contributed by atoms with Gasteiger partial charge in [-0.15, -0.1) is 0 Å². The summed E-state index contributed by atoms with van der Waals surface area (Å²) in [6.45, 7) is 23.3. The fourth-order valence-electron chi connectivity index (χ4n) is 2.41. The number of epoxide rings is 1. The van der Waals surface area contributed by atoms with Crippen LogP contribution < -0.4 is 0 Å². The van der Waals surface area contributed by atoms with Gasteiger partial charge in [0.25, 0.3) is 0 Å². The SMILES string of the molecule is COC(=O)/C=C\[C@]1(CO[Si](C)(C)C(C)(C)C)O[C@@H]1[Si](C)(C)C(C)(C)C. The van der Waals surface area contributed by atoms with Crippen molar-refractivity contribution in [3.63, 3.8) is 0 Å². The molecule has 1 heterocycles. The van der Waals surface area contributed by atoms with E-state index in [1.54, 1.807) is 0 Å². The molecule has 0 aromatic carbocycles. The molecular weight excluding hydrogens is 348 g/mol. The zero-order chi connectivity index (χ0) is 19.9. The van der Waals surface area contributed by atoms with Crippen LogP contribution in [0.1, 0.15) is 41.5 Å². The zero-order valence-electron chi connectivity index (χ0n) is 18.1. The smallest absolute Gasteiger partial charge is 0.330 e. The predicted molar refractivity (Wildman–Crippen MR) is 109 cm³/mol. The molecule has 0 aromatic rings. The van der Waals surface area contributed by atoms with Crippen LogP contribution in [-0.2, 0) is 18.7 Å². The van der Waals surface area contributed by atoms with Gasteiger partial charge in [-0.1, -0.05) is 54.6 Å². The van der Waals surface area contributed by atoms with Crippen LogP contribution in [0.3, 0.4) is 0 Å². The topological polar surface area (TPSA) is 48.1 Å². The Morgan fingerprint density at radius 2 is 1.60 bits per heavy atom.